The fourth-order valence-electron chi connectivity index (χ4n) is 2.66. The Balaban J connectivity index is 2.95. The summed E-state index contributed by atoms with van der Waals surface area (Å²) in [7, 11) is 5.96. The van der Waals surface area contributed by atoms with Gasteiger partial charge in [-0.2, -0.15) is 0 Å². The van der Waals surface area contributed by atoms with Gasteiger partial charge in [0.1, 0.15) is 0 Å². The van der Waals surface area contributed by atoms with Gasteiger partial charge in [-0.05, 0) is 38.2 Å². The Morgan fingerprint density at radius 2 is 1.86 bits per heavy atom. The van der Waals surface area contributed by atoms with Crippen LogP contribution in [-0.2, 0) is 11.3 Å². The third-order valence-corrected chi connectivity index (χ3v) is 3.72. The summed E-state index contributed by atoms with van der Waals surface area (Å²) in [6, 6.07) is 8.74. The summed E-state index contributed by atoms with van der Waals surface area (Å²) in [5, 5.41) is 0. The van der Waals surface area contributed by atoms with E-state index in [4.69, 9.17) is 10.5 Å². The van der Waals surface area contributed by atoms with Crippen LogP contribution in [0.3, 0.4) is 0 Å². The zero-order chi connectivity index (χ0) is 15.7. The Labute approximate surface area is 129 Å². The Kier molecular flexibility index (Phi) is 8.54. The van der Waals surface area contributed by atoms with Crippen LogP contribution in [0.4, 0.5) is 0 Å². The molecular weight excluding hydrogens is 262 g/mol. The average Bonchev–Trinajstić information content (AvgIpc) is 2.47. The lowest BCUT2D eigenvalue weighted by atomic mass is 9.99. The van der Waals surface area contributed by atoms with Crippen LogP contribution in [0.1, 0.15) is 30.5 Å². The summed E-state index contributed by atoms with van der Waals surface area (Å²) in [6.45, 7) is 6.63. The van der Waals surface area contributed by atoms with Gasteiger partial charge >= 0.3 is 0 Å². The summed E-state index contributed by atoms with van der Waals surface area (Å²) < 4.78 is 5.33. The molecule has 1 aromatic rings. The number of likely N-dealkylation sites (N-methyl/N-ethyl adjacent to an activating group) is 1. The number of benzene rings is 1. The summed E-state index contributed by atoms with van der Waals surface area (Å²) in [5.74, 6) is 0. The van der Waals surface area contributed by atoms with E-state index in [0.717, 1.165) is 26.1 Å². The molecule has 0 radical (unpaired) electrons. The van der Waals surface area contributed by atoms with Crippen molar-refractivity contribution >= 4 is 0 Å². The first-order valence-electron chi connectivity index (χ1n) is 7.79. The summed E-state index contributed by atoms with van der Waals surface area (Å²) in [4.78, 5) is 4.71. The first kappa shape index (κ1) is 18.1. The number of methoxy groups -OCH3 is 1. The van der Waals surface area contributed by atoms with E-state index in [1.54, 1.807) is 7.11 Å². The van der Waals surface area contributed by atoms with Crippen LogP contribution >= 0.6 is 0 Å². The van der Waals surface area contributed by atoms with Gasteiger partial charge in [-0.3, -0.25) is 4.90 Å². The second-order valence-electron chi connectivity index (χ2n) is 5.72. The molecule has 0 heterocycles. The molecular formula is C17H31N3O. The second-order valence-corrected chi connectivity index (χ2v) is 5.72. The van der Waals surface area contributed by atoms with Crippen LogP contribution in [-0.4, -0.2) is 57.2 Å². The molecule has 1 rings (SSSR count). The Morgan fingerprint density at radius 1 is 1.14 bits per heavy atom. The van der Waals surface area contributed by atoms with Crippen molar-refractivity contribution in [1.29, 1.82) is 0 Å². The highest BCUT2D eigenvalue weighted by molar-refractivity contribution is 5.30. The zero-order valence-electron chi connectivity index (χ0n) is 14.0. The quantitative estimate of drug-likeness (QED) is 0.717. The Bertz CT molecular complexity index is 395. The van der Waals surface area contributed by atoms with Crippen LogP contribution in [0.2, 0.25) is 0 Å². The molecule has 0 aliphatic heterocycles. The Morgan fingerprint density at radius 3 is 2.43 bits per heavy atom. The molecule has 0 bridgehead atoms. The summed E-state index contributed by atoms with van der Waals surface area (Å²) >= 11 is 0. The lowest BCUT2D eigenvalue weighted by Gasteiger charge is -2.33. The van der Waals surface area contributed by atoms with Crippen molar-refractivity contribution in [2.45, 2.75) is 26.0 Å². The minimum absolute atomic E-state index is 0.260. The number of rotatable bonds is 10. The van der Waals surface area contributed by atoms with Gasteiger partial charge in [0, 0.05) is 32.8 Å². The van der Waals surface area contributed by atoms with Gasteiger partial charge < -0.3 is 15.4 Å². The molecule has 0 aromatic heterocycles. The molecule has 0 aliphatic rings. The number of nitrogens with zero attached hydrogens (tertiary/aromatic N) is 2. The normalized spacial score (nSPS) is 13.1. The molecule has 0 amide bonds. The fourth-order valence-corrected chi connectivity index (χ4v) is 2.66. The van der Waals surface area contributed by atoms with Gasteiger partial charge in [-0.15, -0.1) is 0 Å². The van der Waals surface area contributed by atoms with E-state index in [2.05, 4.69) is 55.1 Å². The summed E-state index contributed by atoms with van der Waals surface area (Å²) in [6.07, 6.45) is 1.14. The lowest BCUT2D eigenvalue weighted by molar-refractivity contribution is 0.168. The van der Waals surface area contributed by atoms with Gasteiger partial charge in [-0.25, -0.2) is 0 Å². The van der Waals surface area contributed by atoms with Gasteiger partial charge in [-0.1, -0.05) is 31.2 Å². The van der Waals surface area contributed by atoms with Crippen molar-refractivity contribution < 1.29 is 4.74 Å². The van der Waals surface area contributed by atoms with E-state index in [9.17, 15) is 0 Å². The number of ether oxygens (including phenoxy) is 1. The molecule has 4 heteroatoms. The highest BCUT2D eigenvalue weighted by atomic mass is 16.5. The van der Waals surface area contributed by atoms with Crippen molar-refractivity contribution in [2.24, 2.45) is 5.73 Å². The van der Waals surface area contributed by atoms with Crippen LogP contribution in [0.5, 0.6) is 0 Å². The van der Waals surface area contributed by atoms with Crippen molar-refractivity contribution in [3.63, 3.8) is 0 Å². The molecule has 1 unspecified atom stereocenters. The van der Waals surface area contributed by atoms with Crippen molar-refractivity contribution in [2.75, 3.05) is 47.4 Å². The third-order valence-electron chi connectivity index (χ3n) is 3.72. The average molecular weight is 293 g/mol. The highest BCUT2D eigenvalue weighted by Gasteiger charge is 2.20. The maximum absolute atomic E-state index is 6.11. The zero-order valence-corrected chi connectivity index (χ0v) is 14.0. The third kappa shape index (κ3) is 5.75. The molecule has 0 saturated carbocycles. The molecule has 1 aromatic carbocycles. The van der Waals surface area contributed by atoms with Crippen molar-refractivity contribution in [3.05, 3.63) is 35.4 Å². The number of hydrogen-bond donors (Lipinski definition) is 1. The lowest BCUT2D eigenvalue weighted by Crippen LogP contribution is -2.39. The predicted molar refractivity (Wildman–Crippen MR) is 89.4 cm³/mol. The molecule has 0 spiro atoms. The van der Waals surface area contributed by atoms with Crippen LogP contribution in [0.25, 0.3) is 0 Å². The van der Waals surface area contributed by atoms with Gasteiger partial charge in [0.25, 0.3) is 0 Å². The SMILES string of the molecule is CCCN(CCN(C)C)C(CN)c1ccccc1COC. The smallest absolute Gasteiger partial charge is 0.0716 e. The predicted octanol–water partition coefficient (Wildman–Crippen LogP) is 2.11. The van der Waals surface area contributed by atoms with Crippen molar-refractivity contribution in [1.82, 2.24) is 9.80 Å². The number of hydrogen-bond acceptors (Lipinski definition) is 4. The van der Waals surface area contributed by atoms with Crippen LogP contribution in [0.15, 0.2) is 24.3 Å². The molecule has 120 valence electrons. The maximum Gasteiger partial charge on any atom is 0.0716 e. The highest BCUT2D eigenvalue weighted by Crippen LogP contribution is 2.24. The van der Waals surface area contributed by atoms with E-state index in [0.29, 0.717) is 13.2 Å². The molecule has 21 heavy (non-hydrogen) atoms. The molecule has 2 N–H and O–H groups in total. The minimum atomic E-state index is 0.260. The molecule has 1 atom stereocenters. The first-order valence-corrected chi connectivity index (χ1v) is 7.79. The molecule has 0 aliphatic carbocycles. The van der Waals surface area contributed by atoms with E-state index in [1.165, 1.54) is 11.1 Å². The van der Waals surface area contributed by atoms with E-state index in [1.807, 2.05) is 0 Å². The van der Waals surface area contributed by atoms with Gasteiger partial charge in [0.05, 0.1) is 6.61 Å². The first-order chi connectivity index (χ1) is 10.1. The van der Waals surface area contributed by atoms with Gasteiger partial charge in [0.2, 0.25) is 0 Å². The standard InChI is InChI=1S/C17H31N3O/c1-5-10-20(12-11-19(2)3)17(13-18)16-9-7-6-8-15(16)14-21-4/h6-9,17H,5,10-14,18H2,1-4H3. The second kappa shape index (κ2) is 9.90. The molecule has 4 nitrogen and oxygen atoms in total. The maximum atomic E-state index is 6.11. The van der Waals surface area contributed by atoms with E-state index in [-0.39, 0.29) is 6.04 Å². The van der Waals surface area contributed by atoms with Crippen LogP contribution < -0.4 is 5.73 Å². The number of nitrogens with two attached hydrogens (primary N) is 1. The van der Waals surface area contributed by atoms with Crippen LogP contribution in [0, 0.1) is 0 Å². The molecule has 0 fully saturated rings. The Hall–Kier alpha value is -0.940. The largest absolute Gasteiger partial charge is 0.380 e. The van der Waals surface area contributed by atoms with Crippen molar-refractivity contribution in [3.8, 4) is 0 Å². The minimum Gasteiger partial charge on any atom is -0.380 e. The fraction of sp³-hybridized carbons (Fsp3) is 0.647. The van der Waals surface area contributed by atoms with Gasteiger partial charge in [0.15, 0.2) is 0 Å². The van der Waals surface area contributed by atoms with E-state index >= 15 is 0 Å². The van der Waals surface area contributed by atoms with E-state index < -0.39 is 0 Å². The molecule has 0 saturated heterocycles. The topological polar surface area (TPSA) is 41.7 Å². The monoisotopic (exact) mass is 293 g/mol. The summed E-state index contributed by atoms with van der Waals surface area (Å²) in [5.41, 5.74) is 8.65.